The maximum atomic E-state index is 11.8. The third-order valence-electron chi connectivity index (χ3n) is 2.83. The highest BCUT2D eigenvalue weighted by Gasteiger charge is 2.06. The number of nitrogens with one attached hydrogen (secondary N) is 1. The molecule has 1 atom stereocenters. The van der Waals surface area contributed by atoms with E-state index in [1.807, 2.05) is 73.0 Å². The molecule has 0 saturated carbocycles. The molecule has 2 aromatic rings. The fourth-order valence-electron chi connectivity index (χ4n) is 1.76. The van der Waals surface area contributed by atoms with Gasteiger partial charge in [0.25, 0.3) is 0 Å². The summed E-state index contributed by atoms with van der Waals surface area (Å²) in [5.74, 6) is -0.0789. The van der Waals surface area contributed by atoms with Gasteiger partial charge in [-0.15, -0.1) is 0 Å². The highest BCUT2D eigenvalue weighted by Crippen LogP contribution is 2.18. The summed E-state index contributed by atoms with van der Waals surface area (Å²) in [5, 5.41) is 4.75. The third-order valence-corrected chi connectivity index (χ3v) is 3.64. The predicted octanol–water partition coefficient (Wildman–Crippen LogP) is 4.17. The number of rotatable bonds is 5. The summed E-state index contributed by atoms with van der Waals surface area (Å²) < 4.78 is 0. The summed E-state index contributed by atoms with van der Waals surface area (Å²) in [4.78, 5) is 12.9. The van der Waals surface area contributed by atoms with Crippen LogP contribution in [0, 0.1) is 0 Å². The molecule has 0 heterocycles. The molecule has 20 heavy (non-hydrogen) atoms. The molecule has 0 fully saturated rings. The van der Waals surface area contributed by atoms with Gasteiger partial charge in [0.15, 0.2) is 0 Å². The topological polar surface area (TPSA) is 29.1 Å². The summed E-state index contributed by atoms with van der Waals surface area (Å²) in [6, 6.07) is 19.9. The molecule has 0 aliphatic rings. The molecule has 2 rings (SSSR count). The van der Waals surface area contributed by atoms with Crippen LogP contribution in [0.25, 0.3) is 0 Å². The molecule has 0 saturated heterocycles. The molecule has 0 aliphatic heterocycles. The van der Waals surface area contributed by atoms with E-state index in [1.165, 1.54) is 11.8 Å². The number of hydrogen-bond donors (Lipinski definition) is 1. The largest absolute Gasteiger partial charge is 0.346 e. The molecule has 0 spiro atoms. The van der Waals surface area contributed by atoms with Crippen LogP contribution in [0.5, 0.6) is 0 Å². The lowest BCUT2D eigenvalue weighted by Gasteiger charge is -2.12. The number of benzene rings is 2. The fraction of sp³-hybridized carbons (Fsp3) is 0.118. The zero-order valence-electron chi connectivity index (χ0n) is 11.3. The van der Waals surface area contributed by atoms with Crippen molar-refractivity contribution < 1.29 is 4.79 Å². The first-order valence-corrected chi connectivity index (χ1v) is 7.37. The van der Waals surface area contributed by atoms with Gasteiger partial charge in [0.2, 0.25) is 5.91 Å². The smallest absolute Gasteiger partial charge is 0.244 e. The van der Waals surface area contributed by atoms with Crippen LogP contribution in [-0.4, -0.2) is 5.91 Å². The first-order valence-electron chi connectivity index (χ1n) is 6.49. The Morgan fingerprint density at radius 2 is 1.65 bits per heavy atom. The minimum absolute atomic E-state index is 0.00933. The average molecular weight is 283 g/mol. The van der Waals surface area contributed by atoms with Crippen LogP contribution in [0.1, 0.15) is 18.5 Å². The van der Waals surface area contributed by atoms with Crippen LogP contribution in [0.2, 0.25) is 0 Å². The third kappa shape index (κ3) is 4.59. The van der Waals surface area contributed by atoms with E-state index in [4.69, 9.17) is 0 Å². The first-order chi connectivity index (χ1) is 9.75. The van der Waals surface area contributed by atoms with Crippen molar-refractivity contribution in [2.24, 2.45) is 0 Å². The van der Waals surface area contributed by atoms with Crippen molar-refractivity contribution in [3.8, 4) is 0 Å². The van der Waals surface area contributed by atoms with Gasteiger partial charge in [0.05, 0.1) is 6.04 Å². The molecule has 102 valence electrons. The van der Waals surface area contributed by atoms with E-state index in [2.05, 4.69) is 5.32 Å². The Morgan fingerprint density at radius 3 is 2.30 bits per heavy atom. The zero-order valence-corrected chi connectivity index (χ0v) is 12.1. The van der Waals surface area contributed by atoms with E-state index in [1.54, 1.807) is 6.08 Å². The second-order valence-corrected chi connectivity index (χ2v) is 5.35. The minimum atomic E-state index is -0.0789. The summed E-state index contributed by atoms with van der Waals surface area (Å²) in [5.41, 5.74) is 1.10. The second-order valence-electron chi connectivity index (χ2n) is 4.37. The highest BCUT2D eigenvalue weighted by molar-refractivity contribution is 8.02. The Balaban J connectivity index is 1.83. The zero-order chi connectivity index (χ0) is 14.2. The minimum Gasteiger partial charge on any atom is -0.346 e. The summed E-state index contributed by atoms with van der Waals surface area (Å²) >= 11 is 1.53. The van der Waals surface area contributed by atoms with E-state index in [9.17, 15) is 4.79 Å². The highest BCUT2D eigenvalue weighted by atomic mass is 32.2. The number of amides is 1. The SMILES string of the molecule is C[C@H](NC(=O)/C=C/Sc1ccccc1)c1ccccc1. The maximum absolute atomic E-state index is 11.8. The molecule has 0 unspecified atom stereocenters. The van der Waals surface area contributed by atoms with Crippen LogP contribution in [0.4, 0.5) is 0 Å². The maximum Gasteiger partial charge on any atom is 0.244 e. The summed E-state index contributed by atoms with van der Waals surface area (Å²) in [6.07, 6.45) is 1.57. The number of carbonyl (C=O) groups is 1. The Morgan fingerprint density at radius 1 is 1.05 bits per heavy atom. The van der Waals surface area contributed by atoms with Crippen molar-refractivity contribution in [3.63, 3.8) is 0 Å². The summed E-state index contributed by atoms with van der Waals surface area (Å²) in [6.45, 7) is 1.98. The molecule has 1 amide bonds. The molecule has 0 bridgehead atoms. The number of thioether (sulfide) groups is 1. The van der Waals surface area contributed by atoms with E-state index in [0.29, 0.717) is 0 Å². The van der Waals surface area contributed by atoms with Crippen LogP contribution < -0.4 is 5.32 Å². The average Bonchev–Trinajstić information content (AvgIpc) is 2.49. The van der Waals surface area contributed by atoms with Gasteiger partial charge in [0, 0.05) is 11.0 Å². The predicted molar refractivity (Wildman–Crippen MR) is 84.4 cm³/mol. The molecular formula is C17H17NOS. The van der Waals surface area contributed by atoms with Gasteiger partial charge in [0.1, 0.15) is 0 Å². The number of carbonyl (C=O) groups excluding carboxylic acids is 1. The monoisotopic (exact) mass is 283 g/mol. The van der Waals surface area contributed by atoms with Crippen molar-refractivity contribution in [1.29, 1.82) is 0 Å². The lowest BCUT2D eigenvalue weighted by Crippen LogP contribution is -2.24. The second kappa shape index (κ2) is 7.56. The van der Waals surface area contributed by atoms with Crippen molar-refractivity contribution >= 4 is 17.7 Å². The Hall–Kier alpha value is -2.00. The Bertz CT molecular complexity index is 566. The van der Waals surface area contributed by atoms with Crippen LogP contribution in [0.15, 0.2) is 77.0 Å². The lowest BCUT2D eigenvalue weighted by molar-refractivity contribution is -0.117. The fourth-order valence-corrected chi connectivity index (χ4v) is 2.42. The van der Waals surface area contributed by atoms with Crippen LogP contribution >= 0.6 is 11.8 Å². The standard InChI is InChI=1S/C17H17NOS/c1-14(15-8-4-2-5-9-15)18-17(19)12-13-20-16-10-6-3-7-11-16/h2-14H,1H3,(H,18,19)/b13-12+/t14-/m0/s1. The molecule has 1 N–H and O–H groups in total. The van der Waals surface area contributed by atoms with Crippen molar-refractivity contribution in [1.82, 2.24) is 5.32 Å². The van der Waals surface area contributed by atoms with Gasteiger partial charge in [-0.25, -0.2) is 0 Å². The quantitative estimate of drug-likeness (QED) is 0.659. The van der Waals surface area contributed by atoms with Gasteiger partial charge in [-0.3, -0.25) is 4.79 Å². The van der Waals surface area contributed by atoms with E-state index in [-0.39, 0.29) is 11.9 Å². The molecular weight excluding hydrogens is 266 g/mol. The Kier molecular flexibility index (Phi) is 5.44. The van der Waals surface area contributed by atoms with Crippen molar-refractivity contribution in [2.45, 2.75) is 17.9 Å². The molecule has 2 aromatic carbocycles. The molecule has 2 nitrogen and oxygen atoms in total. The molecule has 0 radical (unpaired) electrons. The summed E-state index contributed by atoms with van der Waals surface area (Å²) in [7, 11) is 0. The van der Waals surface area contributed by atoms with E-state index in [0.717, 1.165) is 10.5 Å². The molecule has 0 aromatic heterocycles. The number of hydrogen-bond acceptors (Lipinski definition) is 2. The Labute approximate surface area is 123 Å². The van der Waals surface area contributed by atoms with E-state index >= 15 is 0 Å². The van der Waals surface area contributed by atoms with Gasteiger partial charge < -0.3 is 5.32 Å². The first kappa shape index (κ1) is 14.4. The van der Waals surface area contributed by atoms with Crippen molar-refractivity contribution in [2.75, 3.05) is 0 Å². The van der Waals surface area contributed by atoms with Crippen LogP contribution in [-0.2, 0) is 4.79 Å². The van der Waals surface area contributed by atoms with Gasteiger partial charge >= 0.3 is 0 Å². The molecule has 3 heteroatoms. The van der Waals surface area contributed by atoms with Crippen molar-refractivity contribution in [3.05, 3.63) is 77.7 Å². The lowest BCUT2D eigenvalue weighted by atomic mass is 10.1. The van der Waals surface area contributed by atoms with Crippen LogP contribution in [0.3, 0.4) is 0 Å². The normalized spacial score (nSPS) is 12.2. The van der Waals surface area contributed by atoms with Gasteiger partial charge in [-0.2, -0.15) is 0 Å². The van der Waals surface area contributed by atoms with Gasteiger partial charge in [-0.1, -0.05) is 60.3 Å². The van der Waals surface area contributed by atoms with Gasteiger partial charge in [-0.05, 0) is 30.0 Å². The molecule has 0 aliphatic carbocycles. The van der Waals surface area contributed by atoms with E-state index < -0.39 is 0 Å².